The second kappa shape index (κ2) is 6.88. The van der Waals surface area contributed by atoms with Crippen LogP contribution in [0.5, 0.6) is 5.75 Å². The van der Waals surface area contributed by atoms with Crippen LogP contribution >= 0.6 is 0 Å². The summed E-state index contributed by atoms with van der Waals surface area (Å²) in [6, 6.07) is 15.1. The number of carboxylic acid groups (broad SMARTS) is 1. The van der Waals surface area contributed by atoms with Crippen molar-refractivity contribution in [3.05, 3.63) is 65.9 Å². The van der Waals surface area contributed by atoms with Crippen molar-refractivity contribution in [2.75, 3.05) is 12.4 Å². The summed E-state index contributed by atoms with van der Waals surface area (Å²) < 4.78 is 10.1. The number of carbonyl (C=O) groups is 2. The number of amides is 1. The Morgan fingerprint density at radius 2 is 1.88 bits per heavy atom. The molecule has 0 bridgehead atoms. The first kappa shape index (κ1) is 16.3. The normalized spacial score (nSPS) is 10.3. The van der Waals surface area contributed by atoms with E-state index in [1.165, 1.54) is 31.4 Å². The molecule has 0 saturated carbocycles. The zero-order valence-corrected chi connectivity index (χ0v) is 13.2. The number of aromatic nitrogens is 1. The van der Waals surface area contributed by atoms with E-state index in [2.05, 4.69) is 10.5 Å². The lowest BCUT2D eigenvalue weighted by atomic mass is 10.1. The number of carbonyl (C=O) groups excluding carboxylic acids is 1. The van der Waals surface area contributed by atoms with Crippen LogP contribution in [0.15, 0.2) is 59.1 Å². The van der Waals surface area contributed by atoms with Gasteiger partial charge in [0.25, 0.3) is 5.91 Å². The summed E-state index contributed by atoms with van der Waals surface area (Å²) in [6.45, 7) is 0. The van der Waals surface area contributed by atoms with Gasteiger partial charge in [0.05, 0.1) is 7.11 Å². The predicted molar refractivity (Wildman–Crippen MR) is 89.8 cm³/mol. The van der Waals surface area contributed by atoms with Gasteiger partial charge in [0.15, 0.2) is 0 Å². The molecule has 0 unspecified atom stereocenters. The van der Waals surface area contributed by atoms with Crippen molar-refractivity contribution in [3.63, 3.8) is 0 Å². The molecule has 0 radical (unpaired) electrons. The number of nitrogens with one attached hydrogen (secondary N) is 1. The molecule has 126 valence electrons. The smallest absolute Gasteiger partial charge is 0.339 e. The largest absolute Gasteiger partial charge is 0.496 e. The summed E-state index contributed by atoms with van der Waals surface area (Å²) >= 11 is 0. The van der Waals surface area contributed by atoms with Crippen molar-refractivity contribution in [2.24, 2.45) is 0 Å². The highest BCUT2D eigenvalue weighted by molar-refractivity contribution is 6.03. The standard InChI is InChI=1S/C18H14N2O5/c1-24-15-8-7-12(9-13(15)18(22)23)19-17(21)16-10-14(20-25-16)11-5-3-2-4-6-11/h2-10H,1H3,(H,19,21)(H,22,23). The minimum absolute atomic E-state index is 0.0200. The van der Waals surface area contributed by atoms with Crippen LogP contribution in [-0.2, 0) is 0 Å². The minimum Gasteiger partial charge on any atom is -0.496 e. The van der Waals surface area contributed by atoms with Crippen molar-refractivity contribution in [1.29, 1.82) is 0 Å². The van der Waals surface area contributed by atoms with Gasteiger partial charge in [-0.05, 0) is 18.2 Å². The molecule has 0 saturated heterocycles. The fourth-order valence-corrected chi connectivity index (χ4v) is 2.27. The summed E-state index contributed by atoms with van der Waals surface area (Å²) in [6.07, 6.45) is 0. The first-order valence-electron chi connectivity index (χ1n) is 7.33. The number of nitrogens with zero attached hydrogens (tertiary/aromatic N) is 1. The van der Waals surface area contributed by atoms with Gasteiger partial charge >= 0.3 is 5.97 Å². The minimum atomic E-state index is -1.15. The van der Waals surface area contributed by atoms with E-state index >= 15 is 0 Å². The van der Waals surface area contributed by atoms with Crippen molar-refractivity contribution in [3.8, 4) is 17.0 Å². The molecular formula is C18H14N2O5. The molecular weight excluding hydrogens is 324 g/mol. The Morgan fingerprint density at radius 1 is 1.12 bits per heavy atom. The highest BCUT2D eigenvalue weighted by atomic mass is 16.5. The Bertz CT molecular complexity index is 918. The maximum Gasteiger partial charge on any atom is 0.339 e. The van der Waals surface area contributed by atoms with Crippen molar-refractivity contribution >= 4 is 17.6 Å². The average Bonchev–Trinajstić information content (AvgIpc) is 3.12. The molecule has 0 aliphatic carbocycles. The van der Waals surface area contributed by atoms with Gasteiger partial charge in [0.1, 0.15) is 17.0 Å². The summed E-state index contributed by atoms with van der Waals surface area (Å²) in [7, 11) is 1.37. The monoisotopic (exact) mass is 338 g/mol. The van der Waals surface area contributed by atoms with E-state index in [0.717, 1.165) is 5.56 Å². The predicted octanol–water partition coefficient (Wildman–Crippen LogP) is 3.30. The zero-order chi connectivity index (χ0) is 17.8. The number of methoxy groups -OCH3 is 1. The molecule has 7 heteroatoms. The van der Waals surface area contributed by atoms with Crippen LogP contribution in [-0.4, -0.2) is 29.2 Å². The Balaban J connectivity index is 1.80. The molecule has 3 rings (SSSR count). The van der Waals surface area contributed by atoms with Crippen molar-refractivity contribution in [1.82, 2.24) is 5.16 Å². The van der Waals surface area contributed by atoms with E-state index in [4.69, 9.17) is 9.26 Å². The van der Waals surface area contributed by atoms with E-state index in [-0.39, 0.29) is 17.1 Å². The summed E-state index contributed by atoms with van der Waals surface area (Å²) in [5.41, 5.74) is 1.61. The molecule has 0 atom stereocenters. The van der Waals surface area contributed by atoms with Crippen LogP contribution in [0.1, 0.15) is 20.9 Å². The third-order valence-electron chi connectivity index (χ3n) is 3.49. The lowest BCUT2D eigenvalue weighted by molar-refractivity contribution is 0.0693. The molecule has 1 heterocycles. The number of ether oxygens (including phenoxy) is 1. The third-order valence-corrected chi connectivity index (χ3v) is 3.49. The van der Waals surface area contributed by atoms with Gasteiger partial charge in [0.2, 0.25) is 5.76 Å². The van der Waals surface area contributed by atoms with Gasteiger partial charge in [-0.3, -0.25) is 4.79 Å². The molecule has 3 aromatic rings. The number of rotatable bonds is 5. The van der Waals surface area contributed by atoms with Crippen LogP contribution < -0.4 is 10.1 Å². The van der Waals surface area contributed by atoms with Crippen LogP contribution in [0.25, 0.3) is 11.3 Å². The van der Waals surface area contributed by atoms with E-state index in [1.807, 2.05) is 30.3 Å². The SMILES string of the molecule is COc1ccc(NC(=O)c2cc(-c3ccccc3)no2)cc1C(=O)O. The molecule has 0 aliphatic heterocycles. The molecule has 0 aliphatic rings. The van der Waals surface area contributed by atoms with Gasteiger partial charge < -0.3 is 19.7 Å². The van der Waals surface area contributed by atoms with E-state index in [1.54, 1.807) is 0 Å². The molecule has 1 amide bonds. The van der Waals surface area contributed by atoms with Gasteiger partial charge in [-0.2, -0.15) is 0 Å². The molecule has 1 aromatic heterocycles. The lowest BCUT2D eigenvalue weighted by Crippen LogP contribution is -2.12. The fraction of sp³-hybridized carbons (Fsp3) is 0.0556. The molecule has 7 nitrogen and oxygen atoms in total. The van der Waals surface area contributed by atoms with Crippen molar-refractivity contribution in [2.45, 2.75) is 0 Å². The zero-order valence-electron chi connectivity index (χ0n) is 13.2. The van der Waals surface area contributed by atoms with Gasteiger partial charge in [0, 0.05) is 17.3 Å². The summed E-state index contributed by atoms with van der Waals surface area (Å²) in [5, 5.41) is 15.6. The number of anilines is 1. The Morgan fingerprint density at radius 3 is 2.56 bits per heavy atom. The average molecular weight is 338 g/mol. The number of benzene rings is 2. The molecule has 2 aromatic carbocycles. The first-order chi connectivity index (χ1) is 12.1. The lowest BCUT2D eigenvalue weighted by Gasteiger charge is -2.08. The second-order valence-corrected chi connectivity index (χ2v) is 5.12. The van der Waals surface area contributed by atoms with E-state index in [0.29, 0.717) is 11.4 Å². The molecule has 2 N–H and O–H groups in total. The number of hydrogen-bond donors (Lipinski definition) is 2. The van der Waals surface area contributed by atoms with Gasteiger partial charge in [-0.25, -0.2) is 4.79 Å². The fourth-order valence-electron chi connectivity index (χ4n) is 2.27. The first-order valence-corrected chi connectivity index (χ1v) is 7.33. The van der Waals surface area contributed by atoms with Gasteiger partial charge in [-0.15, -0.1) is 0 Å². The maximum atomic E-state index is 12.3. The molecule has 0 fully saturated rings. The Hall–Kier alpha value is -3.61. The third kappa shape index (κ3) is 3.50. The van der Waals surface area contributed by atoms with E-state index < -0.39 is 11.9 Å². The van der Waals surface area contributed by atoms with E-state index in [9.17, 15) is 14.7 Å². The van der Waals surface area contributed by atoms with Gasteiger partial charge in [-0.1, -0.05) is 35.5 Å². The maximum absolute atomic E-state index is 12.3. The van der Waals surface area contributed by atoms with Crippen molar-refractivity contribution < 1.29 is 24.0 Å². The van der Waals surface area contributed by atoms with Crippen LogP contribution in [0.2, 0.25) is 0 Å². The number of carboxylic acids is 1. The molecule has 0 spiro atoms. The van der Waals surface area contributed by atoms with Crippen LogP contribution in [0, 0.1) is 0 Å². The highest BCUT2D eigenvalue weighted by Crippen LogP contribution is 2.24. The topological polar surface area (TPSA) is 102 Å². The number of aromatic carboxylic acids is 1. The second-order valence-electron chi connectivity index (χ2n) is 5.12. The Labute approximate surface area is 142 Å². The Kier molecular flexibility index (Phi) is 4.47. The quantitative estimate of drug-likeness (QED) is 0.740. The molecule has 25 heavy (non-hydrogen) atoms. The number of hydrogen-bond acceptors (Lipinski definition) is 5. The van der Waals surface area contributed by atoms with Crippen LogP contribution in [0.3, 0.4) is 0 Å². The highest BCUT2D eigenvalue weighted by Gasteiger charge is 2.16. The van der Waals surface area contributed by atoms with Crippen LogP contribution in [0.4, 0.5) is 5.69 Å². The summed E-state index contributed by atoms with van der Waals surface area (Å²) in [5.74, 6) is -1.46. The summed E-state index contributed by atoms with van der Waals surface area (Å²) in [4.78, 5) is 23.5.